The second kappa shape index (κ2) is 8.62. The van der Waals surface area contributed by atoms with Gasteiger partial charge in [0.1, 0.15) is 11.4 Å². The summed E-state index contributed by atoms with van der Waals surface area (Å²) in [7, 11) is 1.62. The molecule has 0 fully saturated rings. The van der Waals surface area contributed by atoms with Crippen molar-refractivity contribution in [2.24, 2.45) is 5.10 Å². The number of amides is 1. The van der Waals surface area contributed by atoms with E-state index < -0.39 is 0 Å². The minimum atomic E-state index is -0.343. The zero-order valence-electron chi connectivity index (χ0n) is 15.1. The molecular formula is C21H20N4O2. The number of H-pyrrole nitrogens is 1. The van der Waals surface area contributed by atoms with Crippen molar-refractivity contribution in [3.63, 3.8) is 0 Å². The first-order valence-electron chi connectivity index (χ1n) is 8.44. The molecule has 27 heavy (non-hydrogen) atoms. The van der Waals surface area contributed by atoms with Crippen molar-refractivity contribution in [3.8, 4) is 17.0 Å². The van der Waals surface area contributed by atoms with Crippen molar-refractivity contribution < 1.29 is 9.53 Å². The van der Waals surface area contributed by atoms with Gasteiger partial charge in [0.05, 0.1) is 12.8 Å². The van der Waals surface area contributed by atoms with E-state index in [0.717, 1.165) is 28.1 Å². The minimum absolute atomic E-state index is 0.343. The number of allylic oxidation sites excluding steroid dienone is 1. The summed E-state index contributed by atoms with van der Waals surface area (Å²) in [6.07, 6.45) is 5.09. The van der Waals surface area contributed by atoms with Crippen molar-refractivity contribution in [3.05, 3.63) is 77.5 Å². The zero-order valence-corrected chi connectivity index (χ0v) is 15.1. The molecule has 136 valence electrons. The number of para-hydroxylation sites is 1. The molecule has 0 atom stereocenters. The fourth-order valence-corrected chi connectivity index (χ4v) is 2.64. The third-order valence-corrected chi connectivity index (χ3v) is 4.03. The number of nitrogens with one attached hydrogen (secondary N) is 2. The van der Waals surface area contributed by atoms with Gasteiger partial charge in [0.25, 0.3) is 5.91 Å². The summed E-state index contributed by atoms with van der Waals surface area (Å²) in [5.41, 5.74) is 6.29. The molecule has 1 heterocycles. The Hall–Kier alpha value is -3.67. The van der Waals surface area contributed by atoms with E-state index in [0.29, 0.717) is 5.69 Å². The fraction of sp³-hybridized carbons (Fsp3) is 0.0952. The van der Waals surface area contributed by atoms with Crippen LogP contribution in [0, 0.1) is 6.92 Å². The van der Waals surface area contributed by atoms with Gasteiger partial charge in [0.2, 0.25) is 0 Å². The van der Waals surface area contributed by atoms with E-state index in [2.05, 4.69) is 20.7 Å². The Morgan fingerprint density at radius 2 is 1.89 bits per heavy atom. The predicted octanol–water partition coefficient (Wildman–Crippen LogP) is 3.82. The Labute approximate surface area is 157 Å². The average Bonchev–Trinajstić information content (AvgIpc) is 3.10. The van der Waals surface area contributed by atoms with Gasteiger partial charge in [0.15, 0.2) is 0 Å². The van der Waals surface area contributed by atoms with Crippen LogP contribution < -0.4 is 10.2 Å². The maximum Gasteiger partial charge on any atom is 0.289 e. The van der Waals surface area contributed by atoms with Crippen LogP contribution in [-0.4, -0.2) is 29.4 Å². The highest BCUT2D eigenvalue weighted by molar-refractivity contribution is 5.95. The van der Waals surface area contributed by atoms with Crippen molar-refractivity contribution in [2.45, 2.75) is 6.92 Å². The molecule has 0 radical (unpaired) electrons. The van der Waals surface area contributed by atoms with Crippen LogP contribution >= 0.6 is 0 Å². The lowest BCUT2D eigenvalue weighted by molar-refractivity contribution is 0.0949. The molecule has 6 heteroatoms. The Bertz CT molecular complexity index is 975. The van der Waals surface area contributed by atoms with E-state index in [1.54, 1.807) is 13.2 Å². The molecule has 0 bridgehead atoms. The minimum Gasteiger partial charge on any atom is -0.496 e. The highest BCUT2D eigenvalue weighted by Crippen LogP contribution is 2.22. The molecule has 0 saturated carbocycles. The lowest BCUT2D eigenvalue weighted by atomic mass is 10.1. The molecule has 1 amide bonds. The summed E-state index contributed by atoms with van der Waals surface area (Å²) in [4.78, 5) is 12.3. The lowest BCUT2D eigenvalue weighted by Crippen LogP contribution is -2.18. The molecule has 2 aromatic carbocycles. The largest absolute Gasteiger partial charge is 0.496 e. The summed E-state index contributed by atoms with van der Waals surface area (Å²) in [5.74, 6) is 0.428. The van der Waals surface area contributed by atoms with Crippen LogP contribution in [-0.2, 0) is 0 Å². The van der Waals surface area contributed by atoms with Gasteiger partial charge in [-0.15, -0.1) is 0 Å². The van der Waals surface area contributed by atoms with E-state index in [1.807, 2.05) is 67.6 Å². The van der Waals surface area contributed by atoms with E-state index >= 15 is 0 Å². The van der Waals surface area contributed by atoms with Gasteiger partial charge in [-0.3, -0.25) is 9.89 Å². The second-order valence-corrected chi connectivity index (χ2v) is 5.76. The number of carbonyl (C=O) groups excluding carboxylic acids is 1. The summed E-state index contributed by atoms with van der Waals surface area (Å²) in [6.45, 7) is 1.85. The van der Waals surface area contributed by atoms with Gasteiger partial charge in [-0.05, 0) is 25.1 Å². The normalized spacial score (nSPS) is 11.2. The van der Waals surface area contributed by atoms with Crippen LogP contribution in [0.25, 0.3) is 17.3 Å². The number of rotatable bonds is 6. The molecule has 0 spiro atoms. The van der Waals surface area contributed by atoms with Crippen molar-refractivity contribution in [1.82, 2.24) is 15.6 Å². The molecule has 2 N–H and O–H groups in total. The average molecular weight is 360 g/mol. The number of methoxy groups -OCH3 is 1. The molecule has 6 nitrogen and oxygen atoms in total. The topological polar surface area (TPSA) is 79.4 Å². The Morgan fingerprint density at radius 1 is 1.15 bits per heavy atom. The van der Waals surface area contributed by atoms with E-state index in [4.69, 9.17) is 4.74 Å². The number of aromatic nitrogens is 2. The van der Waals surface area contributed by atoms with Gasteiger partial charge < -0.3 is 4.74 Å². The third kappa shape index (κ3) is 4.30. The molecule has 0 aliphatic rings. The number of ether oxygens (including phenoxy) is 1. The number of carbonyl (C=O) groups is 1. The highest BCUT2D eigenvalue weighted by Gasteiger charge is 2.16. The van der Waals surface area contributed by atoms with E-state index in [-0.39, 0.29) is 5.91 Å². The zero-order chi connectivity index (χ0) is 19.1. The van der Waals surface area contributed by atoms with E-state index in [1.165, 1.54) is 6.21 Å². The van der Waals surface area contributed by atoms with Gasteiger partial charge in [-0.25, -0.2) is 5.43 Å². The molecule has 3 rings (SSSR count). The summed E-state index contributed by atoms with van der Waals surface area (Å²) in [5, 5.41) is 11.0. The number of benzene rings is 2. The number of nitrogens with zero attached hydrogens (tertiary/aromatic N) is 2. The van der Waals surface area contributed by atoms with Crippen LogP contribution in [0.1, 0.15) is 21.6 Å². The molecule has 0 aliphatic carbocycles. The third-order valence-electron chi connectivity index (χ3n) is 4.03. The maximum absolute atomic E-state index is 12.3. The quantitative estimate of drug-likeness (QED) is 0.518. The molecular weight excluding hydrogens is 340 g/mol. The Morgan fingerprint density at radius 3 is 2.67 bits per heavy atom. The van der Waals surface area contributed by atoms with Crippen LogP contribution in [0.15, 0.2) is 65.8 Å². The molecule has 3 aromatic rings. The van der Waals surface area contributed by atoms with Crippen molar-refractivity contribution in [1.29, 1.82) is 0 Å². The SMILES string of the molecule is COc1ccccc1/C=C/C=N\NC(=O)c1[nH]nc(-c2ccccc2)c1C. The van der Waals surface area contributed by atoms with Crippen LogP contribution in [0.2, 0.25) is 0 Å². The first-order valence-corrected chi connectivity index (χ1v) is 8.44. The highest BCUT2D eigenvalue weighted by atomic mass is 16.5. The fourth-order valence-electron chi connectivity index (χ4n) is 2.64. The molecule has 1 aromatic heterocycles. The first kappa shape index (κ1) is 18.1. The predicted molar refractivity (Wildman–Crippen MR) is 107 cm³/mol. The summed E-state index contributed by atoms with van der Waals surface area (Å²) >= 11 is 0. The second-order valence-electron chi connectivity index (χ2n) is 5.76. The first-order chi connectivity index (χ1) is 13.2. The summed E-state index contributed by atoms with van der Waals surface area (Å²) in [6, 6.07) is 17.3. The lowest BCUT2D eigenvalue weighted by Gasteiger charge is -2.02. The number of aromatic amines is 1. The monoisotopic (exact) mass is 360 g/mol. The van der Waals surface area contributed by atoms with Crippen LogP contribution in [0.5, 0.6) is 5.75 Å². The molecule has 0 saturated heterocycles. The number of hydrogen-bond donors (Lipinski definition) is 2. The number of hydrogen-bond acceptors (Lipinski definition) is 4. The van der Waals surface area contributed by atoms with Gasteiger partial charge in [-0.2, -0.15) is 10.2 Å². The number of hydrazone groups is 1. The van der Waals surface area contributed by atoms with Gasteiger partial charge in [-0.1, -0.05) is 48.5 Å². The van der Waals surface area contributed by atoms with Crippen LogP contribution in [0.4, 0.5) is 0 Å². The summed E-state index contributed by atoms with van der Waals surface area (Å²) < 4.78 is 5.27. The Balaban J connectivity index is 1.64. The van der Waals surface area contributed by atoms with Gasteiger partial charge >= 0.3 is 0 Å². The van der Waals surface area contributed by atoms with Crippen LogP contribution in [0.3, 0.4) is 0 Å². The standard InChI is InChI=1S/C21H20N4O2/c1-15-19(17-10-4-3-5-11-17)23-24-20(15)21(26)25-22-14-8-12-16-9-6-7-13-18(16)27-2/h3-14H,1-2H3,(H,23,24)(H,25,26)/b12-8+,22-14-. The Kier molecular flexibility index (Phi) is 5.79. The van der Waals surface area contributed by atoms with Crippen molar-refractivity contribution >= 4 is 18.2 Å². The van der Waals surface area contributed by atoms with Crippen molar-refractivity contribution in [2.75, 3.05) is 7.11 Å². The smallest absolute Gasteiger partial charge is 0.289 e. The maximum atomic E-state index is 12.3. The molecule has 0 unspecified atom stereocenters. The van der Waals surface area contributed by atoms with E-state index in [9.17, 15) is 4.79 Å². The van der Waals surface area contributed by atoms with Gasteiger partial charge in [0, 0.05) is 22.9 Å². The molecule has 0 aliphatic heterocycles.